The second kappa shape index (κ2) is 14.2. The first-order valence-corrected chi connectivity index (χ1v) is 7.12. The van der Waals surface area contributed by atoms with Gasteiger partial charge in [0.15, 0.2) is 11.5 Å². The van der Waals surface area contributed by atoms with Crippen LogP contribution in [0.5, 0.6) is 11.5 Å². The Morgan fingerprint density at radius 2 is 1.82 bits per heavy atom. The lowest BCUT2D eigenvalue weighted by Gasteiger charge is -2.15. The van der Waals surface area contributed by atoms with Crippen LogP contribution in [0.15, 0.2) is 12.1 Å². The molecule has 1 aromatic carbocycles. The second-order valence-corrected chi connectivity index (χ2v) is 4.62. The maximum atomic E-state index is 8.66. The van der Waals surface area contributed by atoms with Crippen LogP contribution in [0.3, 0.4) is 0 Å². The van der Waals surface area contributed by atoms with Crippen LogP contribution in [0.1, 0.15) is 12.5 Å². The molecule has 3 N–H and O–H groups in total. The SMILES string of the molecule is CCOc1c(CNCCNCCO)cc(Cl)cc1OC.Cl.Cl. The molecule has 0 spiro atoms. The maximum Gasteiger partial charge on any atom is 0.165 e. The van der Waals surface area contributed by atoms with Crippen molar-refractivity contribution in [2.75, 3.05) is 40.0 Å². The lowest BCUT2D eigenvalue weighted by Crippen LogP contribution is -2.28. The monoisotopic (exact) mass is 374 g/mol. The molecule has 0 amide bonds. The summed E-state index contributed by atoms with van der Waals surface area (Å²) >= 11 is 6.08. The van der Waals surface area contributed by atoms with Gasteiger partial charge in [0.1, 0.15) is 0 Å². The molecule has 0 bridgehead atoms. The molecule has 0 atom stereocenters. The Hall–Kier alpha value is -0.430. The number of hydrogen-bond acceptors (Lipinski definition) is 5. The molecule has 0 aromatic heterocycles. The number of hydrogen-bond donors (Lipinski definition) is 3. The Labute approximate surface area is 149 Å². The molecule has 22 heavy (non-hydrogen) atoms. The predicted octanol–water partition coefficient (Wildman–Crippen LogP) is 2.26. The van der Waals surface area contributed by atoms with Crippen molar-refractivity contribution in [3.8, 4) is 11.5 Å². The van der Waals surface area contributed by atoms with Gasteiger partial charge in [0.05, 0.1) is 20.3 Å². The number of nitrogens with one attached hydrogen (secondary N) is 2. The Bertz CT molecular complexity index is 409. The molecular weight excluding hydrogens is 351 g/mol. The zero-order valence-electron chi connectivity index (χ0n) is 12.9. The van der Waals surface area contributed by atoms with Crippen LogP contribution in [0, 0.1) is 0 Å². The van der Waals surface area contributed by atoms with Crippen LogP contribution in [-0.2, 0) is 6.54 Å². The van der Waals surface area contributed by atoms with Crippen LogP contribution in [0.25, 0.3) is 0 Å². The third-order valence-corrected chi connectivity index (χ3v) is 2.91. The number of ether oxygens (including phenoxy) is 2. The fourth-order valence-corrected chi connectivity index (χ4v) is 2.05. The van der Waals surface area contributed by atoms with Gasteiger partial charge in [-0.25, -0.2) is 0 Å². The van der Waals surface area contributed by atoms with Crippen molar-refractivity contribution in [1.82, 2.24) is 10.6 Å². The van der Waals surface area contributed by atoms with Gasteiger partial charge in [-0.15, -0.1) is 24.8 Å². The number of aliphatic hydroxyl groups excluding tert-OH is 1. The zero-order chi connectivity index (χ0) is 14.8. The topological polar surface area (TPSA) is 62.8 Å². The first kappa shape index (κ1) is 23.8. The summed E-state index contributed by atoms with van der Waals surface area (Å²) < 4.78 is 10.9. The third-order valence-electron chi connectivity index (χ3n) is 2.69. The van der Waals surface area contributed by atoms with Crippen LogP contribution < -0.4 is 20.1 Å². The molecule has 0 saturated carbocycles. The van der Waals surface area contributed by atoms with E-state index in [1.54, 1.807) is 13.2 Å². The highest BCUT2D eigenvalue weighted by Crippen LogP contribution is 2.34. The fourth-order valence-electron chi connectivity index (χ4n) is 1.82. The number of rotatable bonds is 10. The Morgan fingerprint density at radius 3 is 2.41 bits per heavy atom. The van der Waals surface area contributed by atoms with Crippen LogP contribution in [0.2, 0.25) is 5.02 Å². The minimum Gasteiger partial charge on any atom is -0.493 e. The average molecular weight is 376 g/mol. The van der Waals surface area contributed by atoms with E-state index in [9.17, 15) is 0 Å². The molecule has 0 radical (unpaired) electrons. The molecule has 0 unspecified atom stereocenters. The summed E-state index contributed by atoms with van der Waals surface area (Å²) in [5.74, 6) is 1.38. The molecule has 130 valence electrons. The van der Waals surface area contributed by atoms with E-state index in [1.807, 2.05) is 13.0 Å². The first-order chi connectivity index (χ1) is 9.72. The lowest BCUT2D eigenvalue weighted by atomic mass is 10.2. The lowest BCUT2D eigenvalue weighted by molar-refractivity contribution is 0.292. The van der Waals surface area contributed by atoms with Crippen molar-refractivity contribution in [1.29, 1.82) is 0 Å². The first-order valence-electron chi connectivity index (χ1n) is 6.74. The van der Waals surface area contributed by atoms with Crippen molar-refractivity contribution in [3.05, 3.63) is 22.7 Å². The molecule has 0 heterocycles. The minimum atomic E-state index is 0. The molecule has 0 aliphatic rings. The van der Waals surface area contributed by atoms with Gasteiger partial charge in [0.2, 0.25) is 0 Å². The summed E-state index contributed by atoms with van der Waals surface area (Å²) in [5, 5.41) is 15.7. The van der Waals surface area contributed by atoms with Crippen molar-refractivity contribution < 1.29 is 14.6 Å². The second-order valence-electron chi connectivity index (χ2n) is 4.18. The summed E-state index contributed by atoms with van der Waals surface area (Å²) in [6.45, 7) is 5.50. The predicted molar refractivity (Wildman–Crippen MR) is 95.3 cm³/mol. The Balaban J connectivity index is 0. The summed E-state index contributed by atoms with van der Waals surface area (Å²) in [6, 6.07) is 3.63. The molecule has 0 saturated heterocycles. The van der Waals surface area contributed by atoms with E-state index in [0.29, 0.717) is 30.5 Å². The van der Waals surface area contributed by atoms with Crippen molar-refractivity contribution in [3.63, 3.8) is 0 Å². The minimum absolute atomic E-state index is 0. The van der Waals surface area contributed by atoms with Crippen molar-refractivity contribution in [2.24, 2.45) is 0 Å². The van der Waals surface area contributed by atoms with Gasteiger partial charge in [0.25, 0.3) is 0 Å². The van der Waals surface area contributed by atoms with Crippen LogP contribution in [-0.4, -0.2) is 45.1 Å². The number of methoxy groups -OCH3 is 1. The van der Waals surface area contributed by atoms with Crippen molar-refractivity contribution in [2.45, 2.75) is 13.5 Å². The molecule has 0 fully saturated rings. The molecular formula is C14H25Cl3N2O3. The molecule has 0 aliphatic heterocycles. The smallest absolute Gasteiger partial charge is 0.165 e. The van der Waals surface area contributed by atoms with Gasteiger partial charge in [-0.05, 0) is 13.0 Å². The largest absolute Gasteiger partial charge is 0.493 e. The van der Waals surface area contributed by atoms with E-state index in [4.69, 9.17) is 26.2 Å². The highest BCUT2D eigenvalue weighted by molar-refractivity contribution is 6.30. The van der Waals surface area contributed by atoms with Gasteiger partial charge in [-0.1, -0.05) is 11.6 Å². The van der Waals surface area contributed by atoms with Gasteiger partial charge in [-0.2, -0.15) is 0 Å². The summed E-state index contributed by atoms with van der Waals surface area (Å²) in [7, 11) is 1.60. The highest BCUT2D eigenvalue weighted by atomic mass is 35.5. The number of halogens is 3. The van der Waals surface area contributed by atoms with Gasteiger partial charge in [-0.3, -0.25) is 0 Å². The maximum absolute atomic E-state index is 8.66. The summed E-state index contributed by atoms with van der Waals surface area (Å²) in [4.78, 5) is 0. The van der Waals surface area contributed by atoms with Crippen molar-refractivity contribution >= 4 is 36.4 Å². The Morgan fingerprint density at radius 1 is 1.14 bits per heavy atom. The van der Waals surface area contributed by atoms with E-state index in [1.165, 1.54) is 0 Å². The molecule has 0 aliphatic carbocycles. The average Bonchev–Trinajstić information content (AvgIpc) is 2.45. The number of aliphatic hydroxyl groups is 1. The molecule has 8 heteroatoms. The van der Waals surface area contributed by atoms with E-state index in [0.717, 1.165) is 24.4 Å². The molecule has 1 rings (SSSR count). The van der Waals surface area contributed by atoms with Gasteiger partial charge in [0, 0.05) is 42.8 Å². The van der Waals surface area contributed by atoms with E-state index < -0.39 is 0 Å². The quantitative estimate of drug-likeness (QED) is 0.548. The van der Waals surface area contributed by atoms with Crippen LogP contribution >= 0.6 is 36.4 Å². The van der Waals surface area contributed by atoms with E-state index >= 15 is 0 Å². The third kappa shape index (κ3) is 8.27. The zero-order valence-corrected chi connectivity index (χ0v) is 15.2. The fraction of sp³-hybridized carbons (Fsp3) is 0.571. The normalized spacial score (nSPS) is 9.64. The summed E-state index contributed by atoms with van der Waals surface area (Å²) in [5.41, 5.74) is 0.971. The Kier molecular flexibility index (Phi) is 15.4. The molecule has 5 nitrogen and oxygen atoms in total. The van der Waals surface area contributed by atoms with Gasteiger partial charge < -0.3 is 25.2 Å². The van der Waals surface area contributed by atoms with E-state index in [2.05, 4.69) is 10.6 Å². The molecule has 1 aromatic rings. The van der Waals surface area contributed by atoms with Gasteiger partial charge >= 0.3 is 0 Å². The van der Waals surface area contributed by atoms with E-state index in [-0.39, 0.29) is 31.4 Å². The summed E-state index contributed by atoms with van der Waals surface area (Å²) in [6.07, 6.45) is 0. The standard InChI is InChI=1S/C14H23ClN2O3.2ClH/c1-3-20-14-11(8-12(15)9-13(14)19-2)10-17-5-4-16-6-7-18;;/h8-9,16-18H,3-7,10H2,1-2H3;2*1H. The number of benzene rings is 1. The van der Waals surface area contributed by atoms with Crippen LogP contribution in [0.4, 0.5) is 0 Å². The highest BCUT2D eigenvalue weighted by Gasteiger charge is 2.12.